The number of hydrogen-bond donors (Lipinski definition) is 1. The van der Waals surface area contributed by atoms with Gasteiger partial charge in [0.2, 0.25) is 5.91 Å². The van der Waals surface area contributed by atoms with E-state index in [-0.39, 0.29) is 18.9 Å². The molecule has 1 saturated heterocycles. The van der Waals surface area contributed by atoms with E-state index in [4.69, 9.17) is 4.74 Å². The Bertz CT molecular complexity index is 434. The summed E-state index contributed by atoms with van der Waals surface area (Å²) < 4.78 is 42.7. The molecule has 2 aliphatic rings. The monoisotopic (exact) mass is 322 g/mol. The highest BCUT2D eigenvalue weighted by molar-refractivity contribution is 5.87. The van der Waals surface area contributed by atoms with Gasteiger partial charge in [-0.15, -0.1) is 0 Å². The second-order valence-corrected chi connectivity index (χ2v) is 5.90. The average molecular weight is 322 g/mol. The Morgan fingerprint density at radius 2 is 2.05 bits per heavy atom. The number of carbonyl (C=O) groups excluding carboxylic acids is 2. The summed E-state index contributed by atoms with van der Waals surface area (Å²) in [7, 11) is 0. The summed E-state index contributed by atoms with van der Waals surface area (Å²) in [5.74, 6) is -0.891. The highest BCUT2D eigenvalue weighted by Gasteiger charge is 2.44. The molecule has 1 saturated carbocycles. The van der Waals surface area contributed by atoms with Gasteiger partial charge in [0.05, 0.1) is 6.04 Å². The molecule has 5 nitrogen and oxygen atoms in total. The number of nitrogens with zero attached hydrogens (tertiary/aromatic N) is 1. The number of halogens is 3. The minimum absolute atomic E-state index is 0.0932. The number of rotatable bonds is 5. The van der Waals surface area contributed by atoms with E-state index in [9.17, 15) is 22.8 Å². The molecule has 2 fully saturated rings. The van der Waals surface area contributed by atoms with Gasteiger partial charge >= 0.3 is 6.18 Å². The van der Waals surface area contributed by atoms with Crippen molar-refractivity contribution in [2.45, 2.75) is 56.8 Å². The zero-order chi connectivity index (χ0) is 16.4. The summed E-state index contributed by atoms with van der Waals surface area (Å²) in [4.78, 5) is 24.8. The van der Waals surface area contributed by atoms with Crippen LogP contribution in [0, 0.1) is 0 Å². The van der Waals surface area contributed by atoms with E-state index in [0.29, 0.717) is 19.4 Å². The number of hydrogen-bond acceptors (Lipinski definition) is 3. The molecule has 1 unspecified atom stereocenters. The predicted molar refractivity (Wildman–Crippen MR) is 72.0 cm³/mol. The maximum absolute atomic E-state index is 12.4. The molecule has 0 aromatic heterocycles. The third kappa shape index (κ3) is 3.91. The lowest BCUT2D eigenvalue weighted by atomic mass is 10.00. The third-order valence-corrected chi connectivity index (χ3v) is 4.17. The van der Waals surface area contributed by atoms with Gasteiger partial charge in [-0.1, -0.05) is 0 Å². The summed E-state index contributed by atoms with van der Waals surface area (Å²) in [5.41, 5.74) is -0.880. The van der Waals surface area contributed by atoms with Crippen molar-refractivity contribution in [3.63, 3.8) is 0 Å². The number of ether oxygens (including phenoxy) is 1. The van der Waals surface area contributed by atoms with E-state index in [1.807, 2.05) is 0 Å². The van der Waals surface area contributed by atoms with E-state index in [0.717, 1.165) is 17.7 Å². The SMILES string of the molecule is CCOC1(C(=O)NC2CC(=O)N(CC(F)(F)F)C2)CCCC1. The first-order valence-corrected chi connectivity index (χ1v) is 7.55. The normalized spacial score (nSPS) is 24.8. The van der Waals surface area contributed by atoms with Crippen LogP contribution in [0.1, 0.15) is 39.0 Å². The molecule has 0 radical (unpaired) electrons. The number of nitrogens with one attached hydrogen (secondary N) is 1. The fourth-order valence-corrected chi connectivity index (χ4v) is 3.21. The number of amides is 2. The molecule has 2 amide bonds. The van der Waals surface area contributed by atoms with Gasteiger partial charge in [0.15, 0.2) is 0 Å². The van der Waals surface area contributed by atoms with E-state index < -0.39 is 30.3 Å². The van der Waals surface area contributed by atoms with Crippen LogP contribution >= 0.6 is 0 Å². The molecule has 0 spiro atoms. The van der Waals surface area contributed by atoms with E-state index in [2.05, 4.69) is 5.32 Å². The van der Waals surface area contributed by atoms with Crippen LogP contribution in [-0.4, -0.2) is 54.2 Å². The second-order valence-electron chi connectivity index (χ2n) is 5.90. The summed E-state index contributed by atoms with van der Waals surface area (Å²) in [6.45, 7) is 0.829. The molecule has 8 heteroatoms. The van der Waals surface area contributed by atoms with Crippen LogP contribution in [-0.2, 0) is 14.3 Å². The van der Waals surface area contributed by atoms with Crippen molar-refractivity contribution in [2.75, 3.05) is 19.7 Å². The van der Waals surface area contributed by atoms with Crippen LogP contribution in [0.25, 0.3) is 0 Å². The standard InChI is InChI=1S/C14H21F3N2O3/c1-2-22-13(5-3-4-6-13)12(21)18-10-7-11(20)19(8-10)9-14(15,16)17/h10H,2-9H2,1H3,(H,18,21). The highest BCUT2D eigenvalue weighted by Crippen LogP contribution is 2.34. The Balaban J connectivity index is 1.94. The van der Waals surface area contributed by atoms with E-state index >= 15 is 0 Å². The van der Waals surface area contributed by atoms with Crippen molar-refractivity contribution in [3.8, 4) is 0 Å². The molecular formula is C14H21F3N2O3. The lowest BCUT2D eigenvalue weighted by molar-refractivity contribution is -0.157. The molecule has 1 N–H and O–H groups in total. The summed E-state index contributed by atoms with van der Waals surface area (Å²) in [6, 6.07) is -0.583. The maximum atomic E-state index is 12.4. The van der Waals surface area contributed by atoms with E-state index in [1.165, 1.54) is 0 Å². The van der Waals surface area contributed by atoms with Crippen LogP contribution in [0.5, 0.6) is 0 Å². The molecule has 126 valence electrons. The first-order chi connectivity index (χ1) is 10.3. The van der Waals surface area contributed by atoms with Gasteiger partial charge in [-0.2, -0.15) is 13.2 Å². The van der Waals surface area contributed by atoms with Gasteiger partial charge in [0.1, 0.15) is 12.1 Å². The van der Waals surface area contributed by atoms with Crippen LogP contribution in [0.3, 0.4) is 0 Å². The summed E-state index contributed by atoms with van der Waals surface area (Å²) >= 11 is 0. The Kier molecular flexibility index (Phi) is 4.99. The average Bonchev–Trinajstić information content (AvgIpc) is 2.97. The van der Waals surface area contributed by atoms with Crippen LogP contribution in [0.4, 0.5) is 13.2 Å². The van der Waals surface area contributed by atoms with Gasteiger partial charge < -0.3 is 15.0 Å². The lowest BCUT2D eigenvalue weighted by Crippen LogP contribution is -2.51. The second kappa shape index (κ2) is 6.44. The van der Waals surface area contributed by atoms with Crippen LogP contribution in [0.2, 0.25) is 0 Å². The van der Waals surface area contributed by atoms with Crippen molar-refractivity contribution in [3.05, 3.63) is 0 Å². The largest absolute Gasteiger partial charge is 0.406 e. The fraction of sp³-hybridized carbons (Fsp3) is 0.857. The maximum Gasteiger partial charge on any atom is 0.406 e. The lowest BCUT2D eigenvalue weighted by Gasteiger charge is -2.29. The Labute approximate surface area is 127 Å². The van der Waals surface area contributed by atoms with Crippen LogP contribution in [0.15, 0.2) is 0 Å². The van der Waals surface area contributed by atoms with E-state index in [1.54, 1.807) is 6.92 Å². The fourth-order valence-electron chi connectivity index (χ4n) is 3.21. The molecule has 1 atom stereocenters. The van der Waals surface area contributed by atoms with Gasteiger partial charge in [0.25, 0.3) is 5.91 Å². The molecule has 1 aliphatic heterocycles. The number of alkyl halides is 3. The Hall–Kier alpha value is -1.31. The molecule has 0 aromatic carbocycles. The van der Waals surface area contributed by atoms with Crippen molar-refractivity contribution in [1.82, 2.24) is 10.2 Å². The van der Waals surface area contributed by atoms with Gasteiger partial charge in [0, 0.05) is 19.6 Å². The quantitative estimate of drug-likeness (QED) is 0.837. The van der Waals surface area contributed by atoms with Crippen molar-refractivity contribution in [2.24, 2.45) is 0 Å². The third-order valence-electron chi connectivity index (χ3n) is 4.17. The smallest absolute Gasteiger partial charge is 0.365 e. The Morgan fingerprint density at radius 1 is 1.41 bits per heavy atom. The van der Waals surface area contributed by atoms with Gasteiger partial charge in [-0.3, -0.25) is 9.59 Å². The molecule has 2 rings (SSSR count). The number of carbonyl (C=O) groups is 2. The number of likely N-dealkylation sites (tertiary alicyclic amines) is 1. The van der Waals surface area contributed by atoms with Crippen LogP contribution < -0.4 is 5.32 Å². The molecule has 0 bridgehead atoms. The molecular weight excluding hydrogens is 301 g/mol. The molecule has 0 aromatic rings. The zero-order valence-corrected chi connectivity index (χ0v) is 12.5. The van der Waals surface area contributed by atoms with Gasteiger partial charge in [-0.05, 0) is 32.6 Å². The van der Waals surface area contributed by atoms with Crippen molar-refractivity contribution >= 4 is 11.8 Å². The zero-order valence-electron chi connectivity index (χ0n) is 12.5. The van der Waals surface area contributed by atoms with Gasteiger partial charge in [-0.25, -0.2) is 0 Å². The first-order valence-electron chi connectivity index (χ1n) is 7.55. The van der Waals surface area contributed by atoms with Crippen molar-refractivity contribution in [1.29, 1.82) is 0 Å². The highest BCUT2D eigenvalue weighted by atomic mass is 19.4. The first kappa shape index (κ1) is 17.1. The Morgan fingerprint density at radius 3 is 2.59 bits per heavy atom. The molecule has 22 heavy (non-hydrogen) atoms. The predicted octanol–water partition coefficient (Wildman–Crippen LogP) is 1.62. The minimum atomic E-state index is -4.42. The molecule has 1 aliphatic carbocycles. The van der Waals surface area contributed by atoms with Crippen molar-refractivity contribution < 1.29 is 27.5 Å². The summed E-state index contributed by atoms with van der Waals surface area (Å²) in [6.07, 6.45) is -1.52. The molecule has 1 heterocycles. The topological polar surface area (TPSA) is 58.6 Å². The summed E-state index contributed by atoms with van der Waals surface area (Å²) in [5, 5.41) is 2.70. The minimum Gasteiger partial charge on any atom is -0.365 e.